The third-order valence-corrected chi connectivity index (χ3v) is 3.54. The van der Waals surface area contributed by atoms with Crippen LogP contribution < -0.4 is 9.47 Å². The fourth-order valence-electron chi connectivity index (χ4n) is 2.26. The molecule has 5 nitrogen and oxygen atoms in total. The smallest absolute Gasteiger partial charge is 0.309 e. The number of fused-ring (bicyclic) bond motifs is 1. The number of hydrogen-bond acceptors (Lipinski definition) is 4. The van der Waals surface area contributed by atoms with Crippen molar-refractivity contribution < 1.29 is 24.5 Å². The Labute approximate surface area is 122 Å². The highest BCUT2D eigenvalue weighted by atomic mass is 35.5. The van der Waals surface area contributed by atoms with Crippen LogP contribution in [0.2, 0.25) is 5.02 Å². The molecule has 2 rings (SSSR count). The van der Waals surface area contributed by atoms with Crippen molar-refractivity contribution in [1.82, 2.24) is 0 Å². The molecule has 2 unspecified atom stereocenters. The minimum Gasteiger partial charge on any atom is -0.486 e. The van der Waals surface area contributed by atoms with Gasteiger partial charge in [0.2, 0.25) is 0 Å². The summed E-state index contributed by atoms with van der Waals surface area (Å²) in [6.07, 6.45) is -0.0599. The summed E-state index contributed by atoms with van der Waals surface area (Å²) in [7, 11) is 0. The molecule has 0 aliphatic carbocycles. The van der Waals surface area contributed by atoms with Crippen LogP contribution in [0.25, 0.3) is 0 Å². The summed E-state index contributed by atoms with van der Waals surface area (Å²) < 4.78 is 10.8. The van der Waals surface area contributed by atoms with Crippen LogP contribution in [0.3, 0.4) is 0 Å². The van der Waals surface area contributed by atoms with Gasteiger partial charge in [0.25, 0.3) is 0 Å². The molecule has 2 N–H and O–H groups in total. The van der Waals surface area contributed by atoms with Crippen LogP contribution in [0.1, 0.15) is 31.4 Å². The van der Waals surface area contributed by atoms with E-state index in [-0.39, 0.29) is 0 Å². The zero-order valence-corrected chi connectivity index (χ0v) is 11.9. The second kappa shape index (κ2) is 6.33. The second-order valence-corrected chi connectivity index (χ2v) is 5.11. The number of halogens is 1. The molecule has 1 heterocycles. The maximum atomic E-state index is 11.2. The Kier molecular flexibility index (Phi) is 4.73. The van der Waals surface area contributed by atoms with Gasteiger partial charge in [0.05, 0.1) is 17.0 Å². The first-order chi connectivity index (χ1) is 9.54. The summed E-state index contributed by atoms with van der Waals surface area (Å²) in [5.41, 5.74) is 0.431. The molecule has 6 heteroatoms. The number of carboxylic acid groups (broad SMARTS) is 1. The molecule has 1 aromatic carbocycles. The molecule has 110 valence electrons. The summed E-state index contributed by atoms with van der Waals surface area (Å²) >= 11 is 6.09. The number of aliphatic hydroxyl groups excluding tert-OH is 1. The molecule has 0 aromatic heterocycles. The molecular formula is C14H17ClO5. The van der Waals surface area contributed by atoms with Gasteiger partial charge < -0.3 is 19.7 Å². The normalized spacial score (nSPS) is 16.6. The number of carboxylic acids is 1. The van der Waals surface area contributed by atoms with E-state index in [1.807, 2.05) is 6.92 Å². The molecule has 0 saturated heterocycles. The Bertz CT molecular complexity index is 503. The highest BCUT2D eigenvalue weighted by molar-refractivity contribution is 6.32. The standard InChI is InChI=1S/C14H17ClO5/c1-2-3-9(14(17)18)12(16)8-6-10(15)13-11(7-8)19-4-5-20-13/h6-7,9,12,16H,2-5H2,1H3,(H,17,18). The molecule has 0 amide bonds. The van der Waals surface area contributed by atoms with E-state index in [1.54, 1.807) is 6.07 Å². The lowest BCUT2D eigenvalue weighted by Gasteiger charge is -2.23. The van der Waals surface area contributed by atoms with Crippen LogP contribution in [0.4, 0.5) is 0 Å². The summed E-state index contributed by atoms with van der Waals surface area (Å²) in [5, 5.41) is 19.8. The molecule has 20 heavy (non-hydrogen) atoms. The summed E-state index contributed by atoms with van der Waals surface area (Å²) in [6.45, 7) is 2.70. The Hall–Kier alpha value is -1.46. The van der Waals surface area contributed by atoms with E-state index in [4.69, 9.17) is 21.1 Å². The molecule has 1 aliphatic rings. The fourth-order valence-corrected chi connectivity index (χ4v) is 2.53. The van der Waals surface area contributed by atoms with Gasteiger partial charge in [-0.1, -0.05) is 24.9 Å². The van der Waals surface area contributed by atoms with Gasteiger partial charge >= 0.3 is 5.97 Å². The summed E-state index contributed by atoms with van der Waals surface area (Å²) in [4.78, 5) is 11.2. The molecule has 0 radical (unpaired) electrons. The number of aliphatic hydroxyl groups is 1. The first-order valence-corrected chi connectivity index (χ1v) is 6.92. The van der Waals surface area contributed by atoms with Crippen molar-refractivity contribution in [3.8, 4) is 11.5 Å². The van der Waals surface area contributed by atoms with Crippen LogP contribution in [-0.2, 0) is 4.79 Å². The van der Waals surface area contributed by atoms with E-state index >= 15 is 0 Å². The number of carbonyl (C=O) groups is 1. The van der Waals surface area contributed by atoms with E-state index in [9.17, 15) is 15.0 Å². The molecule has 2 atom stereocenters. The van der Waals surface area contributed by atoms with E-state index in [0.717, 1.165) is 0 Å². The number of aliphatic carboxylic acids is 1. The van der Waals surface area contributed by atoms with Crippen molar-refractivity contribution in [3.05, 3.63) is 22.7 Å². The van der Waals surface area contributed by atoms with Crippen LogP contribution in [0.15, 0.2) is 12.1 Å². The van der Waals surface area contributed by atoms with Crippen molar-refractivity contribution >= 4 is 17.6 Å². The molecule has 0 saturated carbocycles. The number of benzene rings is 1. The predicted molar refractivity (Wildman–Crippen MR) is 73.4 cm³/mol. The predicted octanol–water partition coefficient (Wildman–Crippen LogP) is 2.65. The third kappa shape index (κ3) is 2.99. The largest absolute Gasteiger partial charge is 0.486 e. The Morgan fingerprint density at radius 3 is 2.75 bits per heavy atom. The SMILES string of the molecule is CCCC(C(=O)O)C(O)c1cc(Cl)c2c(c1)OCCO2. The fraction of sp³-hybridized carbons (Fsp3) is 0.500. The van der Waals surface area contributed by atoms with Gasteiger partial charge in [-0.25, -0.2) is 0 Å². The highest BCUT2D eigenvalue weighted by Crippen LogP contribution is 2.41. The lowest BCUT2D eigenvalue weighted by molar-refractivity contribution is -0.146. The third-order valence-electron chi connectivity index (χ3n) is 3.26. The topological polar surface area (TPSA) is 76.0 Å². The number of hydrogen-bond donors (Lipinski definition) is 2. The monoisotopic (exact) mass is 300 g/mol. The Balaban J connectivity index is 2.32. The summed E-state index contributed by atoms with van der Waals surface area (Å²) in [6, 6.07) is 3.13. The number of rotatable bonds is 5. The molecule has 1 aliphatic heterocycles. The number of ether oxygens (including phenoxy) is 2. The quantitative estimate of drug-likeness (QED) is 0.874. The van der Waals surface area contributed by atoms with Gasteiger partial charge in [-0.05, 0) is 24.1 Å². The van der Waals surface area contributed by atoms with Crippen LogP contribution >= 0.6 is 11.6 Å². The van der Waals surface area contributed by atoms with E-state index < -0.39 is 18.0 Å². The van der Waals surface area contributed by atoms with Crippen LogP contribution in [0, 0.1) is 5.92 Å². The van der Waals surface area contributed by atoms with E-state index in [1.165, 1.54) is 6.07 Å². The molecule has 0 bridgehead atoms. The van der Waals surface area contributed by atoms with Gasteiger partial charge in [0.1, 0.15) is 13.2 Å². The average Bonchev–Trinajstić information content (AvgIpc) is 2.43. The molecular weight excluding hydrogens is 284 g/mol. The zero-order chi connectivity index (χ0) is 14.7. The van der Waals surface area contributed by atoms with Gasteiger partial charge in [0, 0.05) is 0 Å². The lowest BCUT2D eigenvalue weighted by Crippen LogP contribution is -2.22. The first-order valence-electron chi connectivity index (χ1n) is 6.54. The van der Waals surface area contributed by atoms with Crippen LogP contribution in [-0.4, -0.2) is 29.4 Å². The van der Waals surface area contributed by atoms with Crippen molar-refractivity contribution in [1.29, 1.82) is 0 Å². The van der Waals surface area contributed by atoms with Crippen molar-refractivity contribution in [2.45, 2.75) is 25.9 Å². The first kappa shape index (κ1) is 14.9. The Morgan fingerprint density at radius 1 is 1.40 bits per heavy atom. The van der Waals surface area contributed by atoms with Crippen molar-refractivity contribution in [3.63, 3.8) is 0 Å². The maximum Gasteiger partial charge on any atom is 0.309 e. The van der Waals surface area contributed by atoms with Gasteiger partial charge in [-0.3, -0.25) is 4.79 Å². The van der Waals surface area contributed by atoms with Crippen LogP contribution in [0.5, 0.6) is 11.5 Å². The van der Waals surface area contributed by atoms with Gasteiger partial charge in [-0.2, -0.15) is 0 Å². The average molecular weight is 301 g/mol. The maximum absolute atomic E-state index is 11.2. The molecule has 0 spiro atoms. The van der Waals surface area contributed by atoms with Gasteiger partial charge in [-0.15, -0.1) is 0 Å². The minimum absolute atomic E-state index is 0.317. The van der Waals surface area contributed by atoms with Gasteiger partial charge in [0.15, 0.2) is 11.5 Å². The lowest BCUT2D eigenvalue weighted by atomic mass is 9.91. The Morgan fingerprint density at radius 2 is 2.10 bits per heavy atom. The van der Waals surface area contributed by atoms with Crippen molar-refractivity contribution in [2.75, 3.05) is 13.2 Å². The zero-order valence-electron chi connectivity index (χ0n) is 11.1. The second-order valence-electron chi connectivity index (χ2n) is 4.71. The highest BCUT2D eigenvalue weighted by Gasteiger charge is 2.29. The molecule has 0 fully saturated rings. The summed E-state index contributed by atoms with van der Waals surface area (Å²) in [5.74, 6) is -1.00. The van der Waals surface area contributed by atoms with E-state index in [2.05, 4.69) is 0 Å². The molecule has 1 aromatic rings. The van der Waals surface area contributed by atoms with Crippen molar-refractivity contribution in [2.24, 2.45) is 5.92 Å². The van der Waals surface area contributed by atoms with E-state index in [0.29, 0.717) is 48.1 Å². The minimum atomic E-state index is -1.12.